The largest absolute Gasteiger partial charge is 0.493 e. The molecule has 1 amide bonds. The summed E-state index contributed by atoms with van der Waals surface area (Å²) in [6.07, 6.45) is 0.961. The van der Waals surface area contributed by atoms with Gasteiger partial charge in [0.25, 0.3) is 5.91 Å². The molecule has 0 spiro atoms. The molecular weight excluding hydrogens is 274 g/mol. The molecule has 1 atom stereocenters. The molecule has 1 unspecified atom stereocenters. The van der Waals surface area contributed by atoms with Crippen LogP contribution in [0, 0.1) is 0 Å². The maximum atomic E-state index is 12.6. The zero-order chi connectivity index (χ0) is 15.4. The van der Waals surface area contributed by atoms with Gasteiger partial charge in [-0.05, 0) is 18.6 Å². The summed E-state index contributed by atoms with van der Waals surface area (Å²) in [6.45, 7) is 1.29. The van der Waals surface area contributed by atoms with E-state index in [1.54, 1.807) is 24.1 Å². The van der Waals surface area contributed by atoms with Crippen molar-refractivity contribution in [1.29, 1.82) is 0 Å². The average Bonchev–Trinajstić information content (AvgIpc) is 3.01. The Hall–Kier alpha value is -1.95. The summed E-state index contributed by atoms with van der Waals surface area (Å²) in [6, 6.07) is 3.34. The van der Waals surface area contributed by atoms with E-state index in [0.717, 1.165) is 6.42 Å². The van der Waals surface area contributed by atoms with Crippen LogP contribution < -0.4 is 14.2 Å². The molecule has 6 nitrogen and oxygen atoms in total. The van der Waals surface area contributed by atoms with Gasteiger partial charge in [-0.3, -0.25) is 4.79 Å². The second-order valence-electron chi connectivity index (χ2n) is 4.81. The van der Waals surface area contributed by atoms with E-state index in [1.807, 2.05) is 0 Å². The highest BCUT2D eigenvalue weighted by atomic mass is 16.5. The van der Waals surface area contributed by atoms with Crippen molar-refractivity contribution in [3.63, 3.8) is 0 Å². The van der Waals surface area contributed by atoms with Gasteiger partial charge >= 0.3 is 0 Å². The minimum absolute atomic E-state index is 0.0613. The summed E-state index contributed by atoms with van der Waals surface area (Å²) in [4.78, 5) is 14.3. The van der Waals surface area contributed by atoms with Crippen LogP contribution in [0.1, 0.15) is 16.8 Å². The summed E-state index contributed by atoms with van der Waals surface area (Å²) >= 11 is 0. The molecule has 116 valence electrons. The van der Waals surface area contributed by atoms with E-state index in [1.165, 1.54) is 21.3 Å². The van der Waals surface area contributed by atoms with Gasteiger partial charge in [-0.25, -0.2) is 0 Å². The van der Waals surface area contributed by atoms with Crippen molar-refractivity contribution < 1.29 is 23.7 Å². The van der Waals surface area contributed by atoms with Crippen LogP contribution in [-0.4, -0.2) is 58.4 Å². The van der Waals surface area contributed by atoms with Crippen molar-refractivity contribution in [2.45, 2.75) is 12.5 Å². The molecule has 0 aliphatic carbocycles. The standard InChI is InChI=1S/C15H21NO5/c1-18-11-5-6-16(9-11)15(17)10-7-12(19-2)14(21-4)13(8-10)20-3/h7-8,11H,5-6,9H2,1-4H3. The second kappa shape index (κ2) is 6.67. The number of carbonyl (C=O) groups is 1. The summed E-state index contributed by atoms with van der Waals surface area (Å²) in [5.41, 5.74) is 0.515. The van der Waals surface area contributed by atoms with Gasteiger partial charge in [-0.1, -0.05) is 0 Å². The highest BCUT2D eigenvalue weighted by Gasteiger charge is 2.28. The molecule has 21 heavy (non-hydrogen) atoms. The van der Waals surface area contributed by atoms with Gasteiger partial charge < -0.3 is 23.8 Å². The smallest absolute Gasteiger partial charge is 0.254 e. The lowest BCUT2D eigenvalue weighted by molar-refractivity contribution is 0.0723. The lowest BCUT2D eigenvalue weighted by Crippen LogP contribution is -2.30. The first-order valence-electron chi connectivity index (χ1n) is 6.76. The Morgan fingerprint density at radius 1 is 1.10 bits per heavy atom. The summed E-state index contributed by atoms with van der Waals surface area (Å²) in [5, 5.41) is 0. The number of ether oxygens (including phenoxy) is 4. The quantitative estimate of drug-likeness (QED) is 0.825. The Kier molecular flexibility index (Phi) is 4.90. The van der Waals surface area contributed by atoms with Crippen molar-refractivity contribution >= 4 is 5.91 Å². The van der Waals surface area contributed by atoms with Crippen LogP contribution in [0.5, 0.6) is 17.2 Å². The van der Waals surface area contributed by atoms with Crippen LogP contribution in [0.2, 0.25) is 0 Å². The fourth-order valence-corrected chi connectivity index (χ4v) is 2.49. The molecule has 1 aromatic carbocycles. The lowest BCUT2D eigenvalue weighted by atomic mass is 10.1. The summed E-state index contributed by atoms with van der Waals surface area (Å²) in [7, 11) is 6.26. The molecule has 1 heterocycles. The molecule has 6 heteroatoms. The Morgan fingerprint density at radius 2 is 1.71 bits per heavy atom. The highest BCUT2D eigenvalue weighted by molar-refractivity contribution is 5.95. The number of carbonyl (C=O) groups excluding carboxylic acids is 1. The van der Waals surface area contributed by atoms with E-state index < -0.39 is 0 Å². The number of hydrogen-bond donors (Lipinski definition) is 0. The number of methoxy groups -OCH3 is 4. The van der Waals surface area contributed by atoms with Gasteiger partial charge in [0.2, 0.25) is 5.75 Å². The predicted octanol–water partition coefficient (Wildman–Crippen LogP) is 1.57. The van der Waals surface area contributed by atoms with E-state index in [0.29, 0.717) is 35.9 Å². The Balaban J connectivity index is 2.29. The molecule has 2 rings (SSSR count). The third-order valence-electron chi connectivity index (χ3n) is 3.68. The third kappa shape index (κ3) is 3.05. The van der Waals surface area contributed by atoms with Gasteiger partial charge in [0, 0.05) is 25.8 Å². The number of benzene rings is 1. The van der Waals surface area contributed by atoms with Gasteiger partial charge in [0.15, 0.2) is 11.5 Å². The first-order chi connectivity index (χ1) is 10.1. The molecule has 0 aromatic heterocycles. The second-order valence-corrected chi connectivity index (χ2v) is 4.81. The van der Waals surface area contributed by atoms with Crippen molar-refractivity contribution in [3.8, 4) is 17.2 Å². The number of likely N-dealkylation sites (tertiary alicyclic amines) is 1. The van der Waals surface area contributed by atoms with Gasteiger partial charge in [-0.2, -0.15) is 0 Å². The van der Waals surface area contributed by atoms with Gasteiger partial charge in [0.1, 0.15) is 0 Å². The van der Waals surface area contributed by atoms with E-state index in [9.17, 15) is 4.79 Å². The molecule has 1 saturated heterocycles. The molecule has 0 radical (unpaired) electrons. The molecule has 0 bridgehead atoms. The van der Waals surface area contributed by atoms with Crippen molar-refractivity contribution in [1.82, 2.24) is 4.90 Å². The number of hydrogen-bond acceptors (Lipinski definition) is 5. The topological polar surface area (TPSA) is 57.2 Å². The first-order valence-corrected chi connectivity index (χ1v) is 6.76. The monoisotopic (exact) mass is 295 g/mol. The fourth-order valence-electron chi connectivity index (χ4n) is 2.49. The molecule has 1 aliphatic heterocycles. The maximum absolute atomic E-state index is 12.6. The van der Waals surface area contributed by atoms with Crippen LogP contribution in [-0.2, 0) is 4.74 Å². The molecular formula is C15H21NO5. The zero-order valence-corrected chi connectivity index (χ0v) is 12.8. The summed E-state index contributed by atoms with van der Waals surface area (Å²) < 4.78 is 21.1. The van der Waals surface area contributed by atoms with Crippen molar-refractivity contribution in [2.24, 2.45) is 0 Å². The normalized spacial score (nSPS) is 17.7. The van der Waals surface area contributed by atoms with Crippen molar-refractivity contribution in [3.05, 3.63) is 17.7 Å². The lowest BCUT2D eigenvalue weighted by Gasteiger charge is -2.18. The number of rotatable bonds is 5. The van der Waals surface area contributed by atoms with Crippen LogP contribution >= 0.6 is 0 Å². The van der Waals surface area contributed by atoms with Crippen LogP contribution in [0.15, 0.2) is 12.1 Å². The number of amides is 1. The maximum Gasteiger partial charge on any atom is 0.254 e. The zero-order valence-electron chi connectivity index (χ0n) is 12.8. The van der Waals surface area contributed by atoms with E-state index in [-0.39, 0.29) is 12.0 Å². The van der Waals surface area contributed by atoms with Gasteiger partial charge in [0.05, 0.1) is 27.4 Å². The third-order valence-corrected chi connectivity index (χ3v) is 3.68. The average molecular weight is 295 g/mol. The first kappa shape index (κ1) is 15.4. The number of nitrogens with zero attached hydrogens (tertiary/aromatic N) is 1. The fraction of sp³-hybridized carbons (Fsp3) is 0.533. The molecule has 0 N–H and O–H groups in total. The van der Waals surface area contributed by atoms with Gasteiger partial charge in [-0.15, -0.1) is 0 Å². The minimum Gasteiger partial charge on any atom is -0.493 e. The SMILES string of the molecule is COc1cc(C(=O)N2CCC(OC)C2)cc(OC)c1OC. The Labute approximate surface area is 124 Å². The van der Waals surface area contributed by atoms with E-state index in [4.69, 9.17) is 18.9 Å². The Morgan fingerprint density at radius 3 is 2.14 bits per heavy atom. The van der Waals surface area contributed by atoms with Crippen LogP contribution in [0.4, 0.5) is 0 Å². The van der Waals surface area contributed by atoms with Crippen molar-refractivity contribution in [2.75, 3.05) is 41.5 Å². The molecule has 1 aromatic rings. The van der Waals surface area contributed by atoms with E-state index >= 15 is 0 Å². The highest BCUT2D eigenvalue weighted by Crippen LogP contribution is 2.38. The van der Waals surface area contributed by atoms with Crippen LogP contribution in [0.3, 0.4) is 0 Å². The molecule has 0 saturated carbocycles. The Bertz CT molecular complexity index is 492. The predicted molar refractivity (Wildman–Crippen MR) is 77.4 cm³/mol. The van der Waals surface area contributed by atoms with Crippen LogP contribution in [0.25, 0.3) is 0 Å². The minimum atomic E-state index is -0.0613. The van der Waals surface area contributed by atoms with E-state index in [2.05, 4.69) is 0 Å². The molecule has 1 aliphatic rings. The summed E-state index contributed by atoms with van der Waals surface area (Å²) in [5.74, 6) is 1.37. The molecule has 1 fully saturated rings.